The van der Waals surface area contributed by atoms with Crippen LogP contribution in [0.5, 0.6) is 0 Å². The molecule has 0 aliphatic carbocycles. The van der Waals surface area contributed by atoms with Gasteiger partial charge in [0.15, 0.2) is 9.84 Å². The zero-order valence-electron chi connectivity index (χ0n) is 18.7. The number of benzene rings is 3. The SMILES string of the molecule is CC(C)c1ccc(N2C(=O)CS(=O)(=O)C23C(=O)N(Cc2ccc(F)cc2)c2ccccc23)cc1. The highest BCUT2D eigenvalue weighted by Gasteiger charge is 2.69. The van der Waals surface area contributed by atoms with Gasteiger partial charge in [-0.25, -0.2) is 12.8 Å². The molecule has 5 rings (SSSR count). The molecule has 0 saturated carbocycles. The lowest BCUT2D eigenvalue weighted by molar-refractivity contribution is -0.123. The third-order valence-electron chi connectivity index (χ3n) is 6.49. The fraction of sp³-hybridized carbons (Fsp3) is 0.231. The van der Waals surface area contributed by atoms with Gasteiger partial charge in [-0.05, 0) is 47.4 Å². The summed E-state index contributed by atoms with van der Waals surface area (Å²) in [6, 6.07) is 19.4. The number of para-hydroxylation sites is 1. The van der Waals surface area contributed by atoms with Crippen LogP contribution in [0.2, 0.25) is 0 Å². The molecule has 1 saturated heterocycles. The maximum Gasteiger partial charge on any atom is 0.274 e. The van der Waals surface area contributed by atoms with E-state index in [-0.39, 0.29) is 18.0 Å². The van der Waals surface area contributed by atoms with E-state index in [2.05, 4.69) is 0 Å². The minimum atomic E-state index is -4.23. The first-order chi connectivity index (χ1) is 16.2. The third kappa shape index (κ3) is 3.09. The summed E-state index contributed by atoms with van der Waals surface area (Å²) in [6.45, 7) is 4.11. The van der Waals surface area contributed by atoms with Gasteiger partial charge in [-0.1, -0.05) is 56.3 Å². The van der Waals surface area contributed by atoms with Gasteiger partial charge in [0.2, 0.25) is 5.91 Å². The number of rotatable bonds is 4. The van der Waals surface area contributed by atoms with Crippen LogP contribution in [0.4, 0.5) is 15.8 Å². The number of carbonyl (C=O) groups is 2. The zero-order valence-corrected chi connectivity index (χ0v) is 19.5. The summed E-state index contributed by atoms with van der Waals surface area (Å²) in [5, 5.41) is 0. The molecule has 1 fully saturated rings. The lowest BCUT2D eigenvalue weighted by atomic mass is 10.0. The number of nitrogens with zero attached hydrogens (tertiary/aromatic N) is 2. The van der Waals surface area contributed by atoms with Crippen LogP contribution in [0.15, 0.2) is 72.8 Å². The van der Waals surface area contributed by atoms with E-state index in [1.54, 1.807) is 48.5 Å². The fourth-order valence-corrected chi connectivity index (χ4v) is 6.86. The van der Waals surface area contributed by atoms with Gasteiger partial charge in [0.25, 0.3) is 10.8 Å². The van der Waals surface area contributed by atoms with E-state index >= 15 is 0 Å². The summed E-state index contributed by atoms with van der Waals surface area (Å²) in [6.07, 6.45) is 0. The monoisotopic (exact) mass is 478 g/mol. The topological polar surface area (TPSA) is 74.8 Å². The van der Waals surface area contributed by atoms with Crippen molar-refractivity contribution in [2.75, 3.05) is 15.6 Å². The van der Waals surface area contributed by atoms with Gasteiger partial charge in [-0.2, -0.15) is 0 Å². The summed E-state index contributed by atoms with van der Waals surface area (Å²) in [5.41, 5.74) is 2.68. The van der Waals surface area contributed by atoms with Gasteiger partial charge < -0.3 is 4.90 Å². The van der Waals surface area contributed by atoms with E-state index < -0.39 is 38.1 Å². The van der Waals surface area contributed by atoms with Gasteiger partial charge in [-0.3, -0.25) is 14.5 Å². The van der Waals surface area contributed by atoms with Gasteiger partial charge in [-0.15, -0.1) is 0 Å². The minimum absolute atomic E-state index is 0.0434. The molecule has 3 aromatic carbocycles. The first kappa shape index (κ1) is 22.3. The average molecular weight is 479 g/mol. The summed E-state index contributed by atoms with van der Waals surface area (Å²) < 4.78 is 40.6. The van der Waals surface area contributed by atoms with Crippen LogP contribution in [0, 0.1) is 5.82 Å². The Labute approximate surface area is 197 Å². The van der Waals surface area contributed by atoms with E-state index in [9.17, 15) is 22.4 Å². The van der Waals surface area contributed by atoms with E-state index in [0.29, 0.717) is 16.9 Å². The Morgan fingerprint density at radius 2 is 1.59 bits per heavy atom. The molecule has 1 spiro atoms. The molecule has 1 atom stereocenters. The second-order valence-corrected chi connectivity index (χ2v) is 11.0. The van der Waals surface area contributed by atoms with Crippen molar-refractivity contribution in [1.29, 1.82) is 0 Å². The second-order valence-electron chi connectivity index (χ2n) is 8.91. The van der Waals surface area contributed by atoms with Crippen molar-refractivity contribution in [3.63, 3.8) is 0 Å². The van der Waals surface area contributed by atoms with Crippen molar-refractivity contribution in [3.8, 4) is 0 Å². The Balaban J connectivity index is 1.69. The Morgan fingerprint density at radius 3 is 2.24 bits per heavy atom. The lowest BCUT2D eigenvalue weighted by Gasteiger charge is -2.32. The highest BCUT2D eigenvalue weighted by molar-refractivity contribution is 7.94. The average Bonchev–Trinajstić information content (AvgIpc) is 3.18. The number of carbonyl (C=O) groups excluding carboxylic acids is 2. The van der Waals surface area contributed by atoms with Crippen molar-refractivity contribution < 1.29 is 22.4 Å². The number of amides is 2. The number of hydrogen-bond acceptors (Lipinski definition) is 4. The fourth-order valence-electron chi connectivity index (χ4n) is 4.83. The summed E-state index contributed by atoms with van der Waals surface area (Å²) in [5.74, 6) is -2.28. The number of hydrogen-bond donors (Lipinski definition) is 0. The van der Waals surface area contributed by atoms with Crippen molar-refractivity contribution >= 4 is 33.0 Å². The molecule has 2 heterocycles. The Hall–Kier alpha value is -3.52. The molecule has 2 aliphatic heterocycles. The summed E-state index contributed by atoms with van der Waals surface area (Å²) in [7, 11) is -4.23. The predicted octanol–water partition coefficient (Wildman–Crippen LogP) is 4.11. The largest absolute Gasteiger partial charge is 0.304 e. The molecule has 2 amide bonds. The van der Waals surface area contributed by atoms with Crippen molar-refractivity contribution in [2.45, 2.75) is 31.2 Å². The standard InChI is InChI=1S/C26H23FN2O4S/c1-17(2)19-9-13-21(14-10-19)29-24(30)16-34(32,33)26(29)22-5-3-4-6-23(22)28(25(26)31)15-18-7-11-20(27)12-8-18/h3-14,17H,15-16H2,1-2H3. The number of fused-ring (bicyclic) bond motifs is 2. The summed E-state index contributed by atoms with van der Waals surface area (Å²) >= 11 is 0. The molecule has 3 aromatic rings. The van der Waals surface area contributed by atoms with E-state index in [0.717, 1.165) is 10.5 Å². The van der Waals surface area contributed by atoms with Gasteiger partial charge in [0.05, 0.1) is 12.2 Å². The molecule has 34 heavy (non-hydrogen) atoms. The molecule has 0 aromatic heterocycles. The van der Waals surface area contributed by atoms with E-state index in [1.165, 1.54) is 17.0 Å². The van der Waals surface area contributed by atoms with Crippen molar-refractivity contribution in [3.05, 3.63) is 95.3 Å². The maximum atomic E-state index is 14.1. The van der Waals surface area contributed by atoms with Crippen LogP contribution in [-0.4, -0.2) is 26.0 Å². The molecule has 1 unspecified atom stereocenters. The second kappa shape index (κ2) is 7.77. The van der Waals surface area contributed by atoms with Crippen LogP contribution in [0.25, 0.3) is 0 Å². The van der Waals surface area contributed by atoms with Crippen LogP contribution in [0.3, 0.4) is 0 Å². The van der Waals surface area contributed by atoms with Crippen LogP contribution in [0.1, 0.15) is 36.5 Å². The van der Waals surface area contributed by atoms with Gasteiger partial charge in [0.1, 0.15) is 11.6 Å². The quantitative estimate of drug-likeness (QED) is 0.566. The Morgan fingerprint density at radius 1 is 0.941 bits per heavy atom. The van der Waals surface area contributed by atoms with Crippen molar-refractivity contribution in [2.24, 2.45) is 0 Å². The Kier molecular flexibility index (Phi) is 5.09. The number of anilines is 2. The Bertz CT molecular complexity index is 1400. The molecule has 0 radical (unpaired) electrons. The predicted molar refractivity (Wildman–Crippen MR) is 128 cm³/mol. The van der Waals surface area contributed by atoms with Crippen LogP contribution in [-0.2, 0) is 30.8 Å². The zero-order chi connectivity index (χ0) is 24.3. The molecular formula is C26H23FN2O4S. The van der Waals surface area contributed by atoms with Crippen LogP contribution >= 0.6 is 0 Å². The molecule has 0 bridgehead atoms. The normalized spacial score (nSPS) is 21.1. The number of halogens is 1. The number of sulfone groups is 1. The van der Waals surface area contributed by atoms with E-state index in [4.69, 9.17) is 0 Å². The van der Waals surface area contributed by atoms with Gasteiger partial charge >= 0.3 is 0 Å². The molecule has 6 nitrogen and oxygen atoms in total. The first-order valence-electron chi connectivity index (χ1n) is 11.0. The highest BCUT2D eigenvalue weighted by atomic mass is 32.2. The molecule has 2 aliphatic rings. The van der Waals surface area contributed by atoms with Crippen LogP contribution < -0.4 is 9.80 Å². The smallest absolute Gasteiger partial charge is 0.274 e. The maximum absolute atomic E-state index is 14.1. The minimum Gasteiger partial charge on any atom is -0.304 e. The molecular weight excluding hydrogens is 455 g/mol. The molecule has 8 heteroatoms. The third-order valence-corrected chi connectivity index (χ3v) is 8.60. The molecule has 0 N–H and O–H groups in total. The first-order valence-corrected chi connectivity index (χ1v) is 12.6. The summed E-state index contributed by atoms with van der Waals surface area (Å²) in [4.78, 5) is 27.5. The van der Waals surface area contributed by atoms with Crippen molar-refractivity contribution in [1.82, 2.24) is 0 Å². The van der Waals surface area contributed by atoms with E-state index in [1.807, 2.05) is 26.0 Å². The molecule has 174 valence electrons. The van der Waals surface area contributed by atoms with Gasteiger partial charge in [0, 0.05) is 11.3 Å². The highest BCUT2D eigenvalue weighted by Crippen LogP contribution is 2.52. The lowest BCUT2D eigenvalue weighted by Crippen LogP contribution is -2.54.